The zero-order chi connectivity index (χ0) is 19.5. The molecule has 0 saturated carbocycles. The first-order valence-electron chi connectivity index (χ1n) is 10.7. The number of piperidine rings is 2. The molecule has 3 aliphatic heterocycles. The van der Waals surface area contributed by atoms with Crippen LogP contribution in [0.3, 0.4) is 0 Å². The van der Waals surface area contributed by atoms with Crippen molar-refractivity contribution in [1.29, 1.82) is 0 Å². The molecule has 2 N–H and O–H groups in total. The van der Waals surface area contributed by atoms with Crippen molar-refractivity contribution in [3.05, 3.63) is 35.4 Å². The molecule has 4 rings (SSSR count). The first-order valence-corrected chi connectivity index (χ1v) is 10.7. The summed E-state index contributed by atoms with van der Waals surface area (Å²) in [4.78, 5) is 31.7. The van der Waals surface area contributed by atoms with Crippen molar-refractivity contribution in [2.45, 2.75) is 63.7 Å². The predicted molar refractivity (Wildman–Crippen MR) is 116 cm³/mol. The molecule has 3 heterocycles. The zero-order valence-electron chi connectivity index (χ0n) is 17.1. The van der Waals surface area contributed by atoms with E-state index in [9.17, 15) is 9.59 Å². The van der Waals surface area contributed by atoms with Crippen LogP contribution >= 0.6 is 12.4 Å². The highest BCUT2D eigenvalue weighted by atomic mass is 35.5. The van der Waals surface area contributed by atoms with E-state index in [1.54, 1.807) is 4.90 Å². The largest absolute Gasteiger partial charge is 0.343 e. The van der Waals surface area contributed by atoms with Crippen molar-refractivity contribution in [2.24, 2.45) is 5.73 Å². The van der Waals surface area contributed by atoms with Gasteiger partial charge in [0.2, 0.25) is 11.8 Å². The molecule has 2 saturated heterocycles. The van der Waals surface area contributed by atoms with Crippen LogP contribution in [0.4, 0.5) is 0 Å². The van der Waals surface area contributed by atoms with Crippen molar-refractivity contribution in [3.63, 3.8) is 0 Å². The van der Waals surface area contributed by atoms with Gasteiger partial charge in [0.1, 0.15) is 0 Å². The van der Waals surface area contributed by atoms with Gasteiger partial charge < -0.3 is 20.4 Å². The second kappa shape index (κ2) is 9.92. The van der Waals surface area contributed by atoms with E-state index in [1.807, 2.05) is 29.2 Å². The van der Waals surface area contributed by atoms with Crippen LogP contribution in [-0.4, -0.2) is 64.8 Å². The van der Waals surface area contributed by atoms with Crippen LogP contribution in [0, 0.1) is 0 Å². The van der Waals surface area contributed by atoms with Gasteiger partial charge in [0, 0.05) is 32.2 Å². The van der Waals surface area contributed by atoms with E-state index in [0.717, 1.165) is 25.9 Å². The minimum Gasteiger partial charge on any atom is -0.343 e. The summed E-state index contributed by atoms with van der Waals surface area (Å²) in [6.45, 7) is 5.18. The summed E-state index contributed by atoms with van der Waals surface area (Å²) in [6, 6.07) is 7.94. The second-order valence-electron chi connectivity index (χ2n) is 8.48. The summed E-state index contributed by atoms with van der Waals surface area (Å²) in [6.07, 6.45) is 6.14. The van der Waals surface area contributed by atoms with Gasteiger partial charge in [-0.05, 0) is 49.9 Å². The van der Waals surface area contributed by atoms with Crippen LogP contribution in [-0.2, 0) is 22.7 Å². The van der Waals surface area contributed by atoms with Gasteiger partial charge in [-0.15, -0.1) is 12.4 Å². The average molecular weight is 421 g/mol. The molecule has 2 fully saturated rings. The molecule has 1 atom stereocenters. The van der Waals surface area contributed by atoms with Gasteiger partial charge in [-0.25, -0.2) is 0 Å². The summed E-state index contributed by atoms with van der Waals surface area (Å²) in [7, 11) is 0. The van der Waals surface area contributed by atoms with E-state index < -0.39 is 6.04 Å². The SMILES string of the molecule is Cl.N[C@@H](CC(=O)N1CCC(N2CCCCC2)CC1)C(=O)N1Cc2ccccc2C1. The van der Waals surface area contributed by atoms with Gasteiger partial charge in [0.15, 0.2) is 0 Å². The Morgan fingerprint density at radius 3 is 2.10 bits per heavy atom. The summed E-state index contributed by atoms with van der Waals surface area (Å²) >= 11 is 0. The van der Waals surface area contributed by atoms with Gasteiger partial charge >= 0.3 is 0 Å². The molecule has 0 aliphatic carbocycles. The topological polar surface area (TPSA) is 69.9 Å². The van der Waals surface area contributed by atoms with E-state index in [-0.39, 0.29) is 30.6 Å². The molecule has 1 aromatic rings. The lowest BCUT2D eigenvalue weighted by molar-refractivity contribution is -0.139. The number of nitrogens with two attached hydrogens (primary N) is 1. The lowest BCUT2D eigenvalue weighted by Crippen LogP contribution is -2.50. The van der Waals surface area contributed by atoms with Crippen molar-refractivity contribution in [3.8, 4) is 0 Å². The van der Waals surface area contributed by atoms with Crippen LogP contribution in [0.1, 0.15) is 49.7 Å². The predicted octanol–water partition coefficient (Wildman–Crippen LogP) is 2.14. The van der Waals surface area contributed by atoms with E-state index in [0.29, 0.717) is 19.1 Å². The number of hydrogen-bond acceptors (Lipinski definition) is 4. The van der Waals surface area contributed by atoms with Crippen molar-refractivity contribution in [2.75, 3.05) is 26.2 Å². The normalized spacial score (nSPS) is 21.4. The molecule has 0 unspecified atom stereocenters. The third-order valence-electron chi connectivity index (χ3n) is 6.59. The Bertz CT molecular complexity index is 690. The highest BCUT2D eigenvalue weighted by molar-refractivity contribution is 5.88. The summed E-state index contributed by atoms with van der Waals surface area (Å²) < 4.78 is 0. The number of halogens is 1. The van der Waals surface area contributed by atoms with Crippen molar-refractivity contribution in [1.82, 2.24) is 14.7 Å². The lowest BCUT2D eigenvalue weighted by Gasteiger charge is -2.40. The smallest absolute Gasteiger partial charge is 0.240 e. The molecule has 160 valence electrons. The Kier molecular flexibility index (Phi) is 7.55. The Balaban J connectivity index is 0.00000240. The molecule has 6 nitrogen and oxygen atoms in total. The quantitative estimate of drug-likeness (QED) is 0.810. The number of likely N-dealkylation sites (tertiary alicyclic amines) is 2. The van der Waals surface area contributed by atoms with Gasteiger partial charge in [0.05, 0.1) is 12.5 Å². The van der Waals surface area contributed by atoms with Crippen LogP contribution in [0.25, 0.3) is 0 Å². The maximum Gasteiger partial charge on any atom is 0.240 e. The van der Waals surface area contributed by atoms with Crippen LogP contribution in [0.5, 0.6) is 0 Å². The molecular weight excluding hydrogens is 388 g/mol. The van der Waals surface area contributed by atoms with E-state index in [4.69, 9.17) is 5.73 Å². The van der Waals surface area contributed by atoms with Crippen molar-refractivity contribution >= 4 is 24.2 Å². The molecular formula is C22H33ClN4O2. The molecule has 0 aromatic heterocycles. The molecule has 0 bridgehead atoms. The third kappa shape index (κ3) is 5.11. The Morgan fingerprint density at radius 1 is 0.931 bits per heavy atom. The summed E-state index contributed by atoms with van der Waals surface area (Å²) in [5, 5.41) is 0. The lowest BCUT2D eigenvalue weighted by atomic mass is 9.99. The van der Waals surface area contributed by atoms with E-state index >= 15 is 0 Å². The third-order valence-corrected chi connectivity index (χ3v) is 6.59. The Morgan fingerprint density at radius 2 is 1.52 bits per heavy atom. The number of hydrogen-bond donors (Lipinski definition) is 1. The van der Waals surface area contributed by atoms with Gasteiger partial charge in [-0.2, -0.15) is 0 Å². The van der Waals surface area contributed by atoms with E-state index in [1.165, 1.54) is 43.5 Å². The first-order chi connectivity index (χ1) is 13.6. The first kappa shape index (κ1) is 22.1. The number of carbonyl (C=O) groups excluding carboxylic acids is 2. The van der Waals surface area contributed by atoms with Gasteiger partial charge in [-0.3, -0.25) is 9.59 Å². The fraction of sp³-hybridized carbons (Fsp3) is 0.636. The van der Waals surface area contributed by atoms with Crippen molar-refractivity contribution < 1.29 is 9.59 Å². The van der Waals surface area contributed by atoms with Gasteiger partial charge in [0.25, 0.3) is 0 Å². The molecule has 0 spiro atoms. The maximum absolute atomic E-state index is 12.7. The number of rotatable bonds is 4. The zero-order valence-corrected chi connectivity index (χ0v) is 17.9. The van der Waals surface area contributed by atoms with Crippen LogP contribution in [0.15, 0.2) is 24.3 Å². The molecule has 29 heavy (non-hydrogen) atoms. The fourth-order valence-corrected chi connectivity index (χ4v) is 4.89. The Labute approximate surface area is 179 Å². The average Bonchev–Trinajstić information content (AvgIpc) is 3.18. The number of benzene rings is 1. The van der Waals surface area contributed by atoms with Gasteiger partial charge in [-0.1, -0.05) is 30.7 Å². The van der Waals surface area contributed by atoms with Crippen LogP contribution in [0.2, 0.25) is 0 Å². The second-order valence-corrected chi connectivity index (χ2v) is 8.48. The Hall–Kier alpha value is -1.63. The van der Waals surface area contributed by atoms with Crippen LogP contribution < -0.4 is 5.73 Å². The molecule has 0 radical (unpaired) electrons. The monoisotopic (exact) mass is 420 g/mol. The number of fused-ring (bicyclic) bond motifs is 1. The number of amides is 2. The highest BCUT2D eigenvalue weighted by Crippen LogP contribution is 2.24. The van der Waals surface area contributed by atoms with E-state index in [2.05, 4.69) is 4.90 Å². The number of carbonyl (C=O) groups is 2. The summed E-state index contributed by atoms with van der Waals surface area (Å²) in [5.41, 5.74) is 8.49. The highest BCUT2D eigenvalue weighted by Gasteiger charge is 2.31. The minimum absolute atomic E-state index is 0. The molecule has 3 aliphatic rings. The number of nitrogens with zero attached hydrogens (tertiary/aromatic N) is 3. The summed E-state index contributed by atoms with van der Waals surface area (Å²) in [5.74, 6) is -0.0950. The molecule has 7 heteroatoms. The molecule has 1 aromatic carbocycles. The fourth-order valence-electron chi connectivity index (χ4n) is 4.89. The maximum atomic E-state index is 12.7. The molecule has 2 amide bonds. The standard InChI is InChI=1S/C22H32N4O2.ClH/c23-20(22(28)26-15-17-6-2-3-7-18(17)16-26)14-21(27)25-12-8-19(9-13-25)24-10-4-1-5-11-24;/h2-3,6-7,19-20H,1,4-5,8-16,23H2;1H/t20-;/m0./s1. The minimum atomic E-state index is -0.748.